The zero-order valence-electron chi connectivity index (χ0n) is 17.4. The summed E-state index contributed by atoms with van der Waals surface area (Å²) in [6, 6.07) is 22.3. The molecule has 0 unspecified atom stereocenters. The molecule has 158 valence electrons. The molecule has 2 N–H and O–H groups in total. The standard InChI is InChI=1S/C12H13N.C11H12O2S.CH2O2/c1-13-9-11-7-4-6-10-5-2-3-8-12(10)11;1-8-3-5-10(6-4-8)11(13)7-14-9(2)12;2-1-3/h2-8,13H,9H2,1H3;3-6H,7H2,1-2H3;1H,(H,2,3). The first-order valence-electron chi connectivity index (χ1n) is 9.35. The van der Waals surface area contributed by atoms with Gasteiger partial charge in [-0.15, -0.1) is 0 Å². The molecule has 0 saturated heterocycles. The molecule has 0 amide bonds. The third kappa shape index (κ3) is 9.03. The zero-order chi connectivity index (χ0) is 22.4. The van der Waals surface area contributed by atoms with E-state index in [4.69, 9.17) is 9.90 Å². The van der Waals surface area contributed by atoms with Crippen LogP contribution in [0.4, 0.5) is 0 Å². The highest BCUT2D eigenvalue weighted by Gasteiger charge is 2.06. The Morgan fingerprint density at radius 2 is 1.60 bits per heavy atom. The first kappa shape index (κ1) is 25.1. The molecule has 3 aromatic carbocycles. The van der Waals surface area contributed by atoms with Gasteiger partial charge in [0, 0.05) is 19.0 Å². The van der Waals surface area contributed by atoms with Gasteiger partial charge in [-0.1, -0.05) is 84.1 Å². The van der Waals surface area contributed by atoms with E-state index in [2.05, 4.69) is 47.8 Å². The number of Topliss-reactive ketones (excluding diaryl/α,β-unsaturated/α-hetero) is 1. The van der Waals surface area contributed by atoms with Crippen molar-refractivity contribution in [3.8, 4) is 0 Å². The van der Waals surface area contributed by atoms with Gasteiger partial charge in [-0.2, -0.15) is 0 Å². The van der Waals surface area contributed by atoms with E-state index in [1.807, 2.05) is 26.1 Å². The molecule has 30 heavy (non-hydrogen) atoms. The van der Waals surface area contributed by atoms with Gasteiger partial charge >= 0.3 is 0 Å². The molecular weight excluding hydrogens is 398 g/mol. The topological polar surface area (TPSA) is 83.5 Å². The molecule has 0 heterocycles. The van der Waals surface area contributed by atoms with E-state index in [1.54, 1.807) is 12.1 Å². The first-order valence-corrected chi connectivity index (χ1v) is 10.3. The van der Waals surface area contributed by atoms with Crippen LogP contribution in [0.15, 0.2) is 66.7 Å². The van der Waals surface area contributed by atoms with Crippen LogP contribution in [0.25, 0.3) is 10.8 Å². The van der Waals surface area contributed by atoms with Crippen molar-refractivity contribution in [1.29, 1.82) is 0 Å². The normalized spacial score (nSPS) is 9.57. The van der Waals surface area contributed by atoms with Gasteiger partial charge in [0.25, 0.3) is 6.47 Å². The Balaban J connectivity index is 0.000000266. The average molecular weight is 426 g/mol. The number of thioether (sulfide) groups is 1. The highest BCUT2D eigenvalue weighted by Crippen LogP contribution is 2.17. The molecule has 0 saturated carbocycles. The number of ketones is 1. The summed E-state index contributed by atoms with van der Waals surface area (Å²) in [5.74, 6) is 0.239. The van der Waals surface area contributed by atoms with E-state index >= 15 is 0 Å². The average Bonchev–Trinajstić information content (AvgIpc) is 2.74. The van der Waals surface area contributed by atoms with Crippen LogP contribution in [0.3, 0.4) is 0 Å². The molecule has 0 atom stereocenters. The number of carbonyl (C=O) groups is 3. The van der Waals surface area contributed by atoms with Crippen molar-refractivity contribution in [2.24, 2.45) is 0 Å². The number of hydrogen-bond donors (Lipinski definition) is 2. The highest BCUT2D eigenvalue weighted by atomic mass is 32.2. The number of carbonyl (C=O) groups excluding carboxylic acids is 2. The summed E-state index contributed by atoms with van der Waals surface area (Å²) in [7, 11) is 1.97. The Morgan fingerprint density at radius 3 is 2.20 bits per heavy atom. The summed E-state index contributed by atoms with van der Waals surface area (Å²) >= 11 is 1.05. The Kier molecular flexibility index (Phi) is 11.8. The van der Waals surface area contributed by atoms with Crippen molar-refractivity contribution in [3.63, 3.8) is 0 Å². The lowest BCUT2D eigenvalue weighted by Crippen LogP contribution is -2.05. The second kappa shape index (κ2) is 14.1. The van der Waals surface area contributed by atoms with Crippen molar-refractivity contribution in [1.82, 2.24) is 5.32 Å². The fourth-order valence-electron chi connectivity index (χ4n) is 2.63. The quantitative estimate of drug-likeness (QED) is 0.455. The molecule has 0 radical (unpaired) electrons. The summed E-state index contributed by atoms with van der Waals surface area (Å²) in [6.45, 7) is 4.12. The molecule has 0 aromatic heterocycles. The van der Waals surface area contributed by atoms with Crippen LogP contribution < -0.4 is 5.32 Å². The van der Waals surface area contributed by atoms with Gasteiger partial charge in [0.2, 0.25) is 0 Å². The van der Waals surface area contributed by atoms with Gasteiger partial charge in [-0.05, 0) is 30.3 Å². The third-order valence-corrected chi connectivity index (χ3v) is 4.84. The Hall–Kier alpha value is -2.96. The maximum absolute atomic E-state index is 11.5. The maximum atomic E-state index is 11.5. The molecule has 3 aromatic rings. The summed E-state index contributed by atoms with van der Waals surface area (Å²) in [5, 5.41) is 12.7. The lowest BCUT2D eigenvalue weighted by atomic mass is 10.0. The molecule has 0 bridgehead atoms. The first-order chi connectivity index (χ1) is 14.4. The van der Waals surface area contributed by atoms with Gasteiger partial charge in [-0.3, -0.25) is 14.4 Å². The smallest absolute Gasteiger partial charge is 0.290 e. The number of carboxylic acid groups (broad SMARTS) is 1. The molecule has 5 nitrogen and oxygen atoms in total. The van der Waals surface area contributed by atoms with E-state index in [0.717, 1.165) is 23.9 Å². The van der Waals surface area contributed by atoms with Gasteiger partial charge in [0.05, 0.1) is 5.75 Å². The fourth-order valence-corrected chi connectivity index (χ4v) is 3.13. The van der Waals surface area contributed by atoms with Crippen molar-refractivity contribution in [2.75, 3.05) is 12.8 Å². The van der Waals surface area contributed by atoms with Gasteiger partial charge in [-0.25, -0.2) is 0 Å². The SMILES string of the molecule is CC(=O)SCC(=O)c1ccc(C)cc1.CNCc1cccc2ccccc12.O=CO. The van der Waals surface area contributed by atoms with E-state index in [-0.39, 0.29) is 23.1 Å². The minimum atomic E-state index is -0.250. The van der Waals surface area contributed by atoms with Gasteiger partial charge in [0.1, 0.15) is 0 Å². The summed E-state index contributed by atoms with van der Waals surface area (Å²) in [5.41, 5.74) is 3.16. The Labute approximate surface area is 181 Å². The molecule has 0 aliphatic carbocycles. The Morgan fingerprint density at radius 1 is 1.00 bits per heavy atom. The number of hydrogen-bond acceptors (Lipinski definition) is 5. The van der Waals surface area contributed by atoms with Gasteiger partial charge in [0.15, 0.2) is 10.9 Å². The number of rotatable bonds is 5. The largest absolute Gasteiger partial charge is 0.483 e. The lowest BCUT2D eigenvalue weighted by Gasteiger charge is -2.04. The summed E-state index contributed by atoms with van der Waals surface area (Å²) in [6.07, 6.45) is 0. The predicted molar refractivity (Wildman–Crippen MR) is 124 cm³/mol. The maximum Gasteiger partial charge on any atom is 0.290 e. The van der Waals surface area contributed by atoms with Gasteiger partial charge < -0.3 is 10.4 Å². The van der Waals surface area contributed by atoms with Crippen molar-refractivity contribution < 1.29 is 19.5 Å². The number of fused-ring (bicyclic) bond motifs is 1. The van der Waals surface area contributed by atoms with Crippen LogP contribution in [-0.2, 0) is 16.1 Å². The highest BCUT2D eigenvalue weighted by molar-refractivity contribution is 8.14. The molecule has 3 rings (SSSR count). The van der Waals surface area contributed by atoms with Crippen LogP contribution in [0.2, 0.25) is 0 Å². The lowest BCUT2D eigenvalue weighted by molar-refractivity contribution is -0.122. The van der Waals surface area contributed by atoms with E-state index in [0.29, 0.717) is 5.56 Å². The van der Waals surface area contributed by atoms with Crippen LogP contribution in [0.1, 0.15) is 28.4 Å². The van der Waals surface area contributed by atoms with E-state index in [9.17, 15) is 9.59 Å². The fraction of sp³-hybridized carbons (Fsp3) is 0.208. The van der Waals surface area contributed by atoms with E-state index < -0.39 is 0 Å². The monoisotopic (exact) mass is 425 g/mol. The molecule has 0 aliphatic heterocycles. The molecular formula is C24H27NO4S. The minimum Gasteiger partial charge on any atom is -0.483 e. The molecule has 6 heteroatoms. The van der Waals surface area contributed by atoms with Crippen LogP contribution in [0, 0.1) is 6.92 Å². The second-order valence-electron chi connectivity index (χ2n) is 6.34. The van der Waals surface area contributed by atoms with Crippen molar-refractivity contribution in [2.45, 2.75) is 20.4 Å². The zero-order valence-corrected chi connectivity index (χ0v) is 18.2. The number of aryl methyl sites for hydroxylation is 1. The minimum absolute atomic E-state index is 0.00481. The molecule has 0 aliphatic rings. The molecule has 0 fully saturated rings. The van der Waals surface area contributed by atoms with Crippen molar-refractivity contribution in [3.05, 3.63) is 83.4 Å². The summed E-state index contributed by atoms with van der Waals surface area (Å²) in [4.78, 5) is 30.5. The van der Waals surface area contributed by atoms with Crippen LogP contribution >= 0.6 is 11.8 Å². The number of nitrogens with one attached hydrogen (secondary N) is 1. The third-order valence-electron chi connectivity index (χ3n) is 4.03. The van der Waals surface area contributed by atoms with E-state index in [1.165, 1.54) is 23.3 Å². The van der Waals surface area contributed by atoms with Crippen molar-refractivity contribution >= 4 is 39.9 Å². The Bertz CT molecular complexity index is 950. The molecule has 0 spiro atoms. The predicted octanol–water partition coefficient (Wildman–Crippen LogP) is 4.72. The second-order valence-corrected chi connectivity index (χ2v) is 7.50. The van der Waals surface area contributed by atoms with Crippen LogP contribution in [-0.4, -0.2) is 35.3 Å². The van der Waals surface area contributed by atoms with Crippen LogP contribution in [0.5, 0.6) is 0 Å². The summed E-state index contributed by atoms with van der Waals surface area (Å²) < 4.78 is 0. The number of benzene rings is 3.